The molecule has 0 saturated carbocycles. The van der Waals surface area contributed by atoms with Crippen molar-refractivity contribution in [1.29, 1.82) is 0 Å². The van der Waals surface area contributed by atoms with Crippen LogP contribution in [0.25, 0.3) is 0 Å². The predicted molar refractivity (Wildman–Crippen MR) is 70.0 cm³/mol. The molecule has 0 aliphatic heterocycles. The molecule has 1 unspecified atom stereocenters. The smallest absolute Gasteiger partial charge is 0.233 e. The maximum absolute atomic E-state index is 5.77. The van der Waals surface area contributed by atoms with Crippen molar-refractivity contribution in [3.05, 3.63) is 52.9 Å². The third kappa shape index (κ3) is 2.31. The van der Waals surface area contributed by atoms with E-state index in [-0.39, 0.29) is 0 Å². The largest absolute Gasteiger partial charge is 0.476 e. The number of benzene rings is 1. The molecule has 0 spiro atoms. The van der Waals surface area contributed by atoms with Gasteiger partial charge in [0, 0.05) is 5.92 Å². The van der Waals surface area contributed by atoms with Crippen LogP contribution in [-0.2, 0) is 6.42 Å². The van der Waals surface area contributed by atoms with Crippen molar-refractivity contribution in [3.63, 3.8) is 0 Å². The topological polar surface area (TPSA) is 35.0 Å². The molecular weight excluding hydrogens is 248 g/mol. The van der Waals surface area contributed by atoms with Crippen LogP contribution in [0.2, 0.25) is 5.15 Å². The lowest BCUT2D eigenvalue weighted by Gasteiger charge is -2.12. The SMILES string of the molecule is Clc1cncc(OCC2CCc3ccccc32)n1. The standard InChI is InChI=1S/C14H13ClN2O/c15-13-7-16-8-14(17-13)18-9-11-6-5-10-3-1-2-4-12(10)11/h1-4,7-8,11H,5-6,9H2. The highest BCUT2D eigenvalue weighted by Gasteiger charge is 2.22. The Morgan fingerprint density at radius 2 is 2.17 bits per heavy atom. The van der Waals surface area contributed by atoms with E-state index in [1.165, 1.54) is 17.3 Å². The molecule has 1 aliphatic carbocycles. The second-order valence-electron chi connectivity index (χ2n) is 4.43. The second-order valence-corrected chi connectivity index (χ2v) is 4.81. The fourth-order valence-electron chi connectivity index (χ4n) is 2.40. The van der Waals surface area contributed by atoms with E-state index in [9.17, 15) is 0 Å². The summed E-state index contributed by atoms with van der Waals surface area (Å²) in [5.41, 5.74) is 2.83. The van der Waals surface area contributed by atoms with Crippen molar-refractivity contribution in [2.75, 3.05) is 6.61 Å². The van der Waals surface area contributed by atoms with Crippen molar-refractivity contribution in [2.45, 2.75) is 18.8 Å². The number of halogens is 1. The lowest BCUT2D eigenvalue weighted by Crippen LogP contribution is -2.08. The molecule has 1 aromatic carbocycles. The number of hydrogen-bond acceptors (Lipinski definition) is 3. The van der Waals surface area contributed by atoms with Crippen molar-refractivity contribution in [2.24, 2.45) is 0 Å². The Labute approximate surface area is 111 Å². The zero-order valence-electron chi connectivity index (χ0n) is 9.84. The van der Waals surface area contributed by atoms with E-state index in [4.69, 9.17) is 16.3 Å². The lowest BCUT2D eigenvalue weighted by molar-refractivity contribution is 0.276. The van der Waals surface area contributed by atoms with E-state index in [0.717, 1.165) is 12.8 Å². The van der Waals surface area contributed by atoms with Crippen LogP contribution in [0.15, 0.2) is 36.7 Å². The van der Waals surface area contributed by atoms with E-state index in [0.29, 0.717) is 23.6 Å². The van der Waals surface area contributed by atoms with Gasteiger partial charge in [-0.3, -0.25) is 4.98 Å². The van der Waals surface area contributed by atoms with Gasteiger partial charge in [-0.05, 0) is 24.0 Å². The maximum Gasteiger partial charge on any atom is 0.233 e. The zero-order valence-corrected chi connectivity index (χ0v) is 10.6. The number of rotatable bonds is 3. The summed E-state index contributed by atoms with van der Waals surface area (Å²) in [7, 11) is 0. The highest BCUT2D eigenvalue weighted by atomic mass is 35.5. The van der Waals surface area contributed by atoms with E-state index in [1.54, 1.807) is 6.20 Å². The molecule has 0 fully saturated rings. The van der Waals surface area contributed by atoms with Crippen LogP contribution >= 0.6 is 11.6 Å². The molecule has 92 valence electrons. The van der Waals surface area contributed by atoms with Crippen molar-refractivity contribution in [1.82, 2.24) is 9.97 Å². The number of ether oxygens (including phenoxy) is 1. The summed E-state index contributed by atoms with van der Waals surface area (Å²) in [6.45, 7) is 0.631. The van der Waals surface area contributed by atoms with Crippen LogP contribution in [-0.4, -0.2) is 16.6 Å². The molecule has 1 heterocycles. The summed E-state index contributed by atoms with van der Waals surface area (Å²) in [4.78, 5) is 8.03. The van der Waals surface area contributed by atoms with Gasteiger partial charge in [0.25, 0.3) is 0 Å². The molecule has 0 radical (unpaired) electrons. The van der Waals surface area contributed by atoms with Crippen LogP contribution in [0.5, 0.6) is 5.88 Å². The van der Waals surface area contributed by atoms with Gasteiger partial charge in [0.15, 0.2) is 5.15 Å². The summed E-state index contributed by atoms with van der Waals surface area (Å²) in [5, 5.41) is 0.360. The first-order valence-corrected chi connectivity index (χ1v) is 6.39. The monoisotopic (exact) mass is 260 g/mol. The van der Waals surface area contributed by atoms with Gasteiger partial charge in [-0.15, -0.1) is 0 Å². The van der Waals surface area contributed by atoms with Gasteiger partial charge in [0.2, 0.25) is 5.88 Å². The Balaban J connectivity index is 1.69. The molecule has 0 amide bonds. The average molecular weight is 261 g/mol. The predicted octanol–water partition coefficient (Wildman–Crippen LogP) is 3.24. The third-order valence-electron chi connectivity index (χ3n) is 3.27. The minimum Gasteiger partial charge on any atom is -0.476 e. The minimum absolute atomic E-state index is 0.360. The Kier molecular flexibility index (Phi) is 3.15. The molecule has 3 nitrogen and oxygen atoms in total. The molecule has 0 N–H and O–H groups in total. The maximum atomic E-state index is 5.77. The van der Waals surface area contributed by atoms with Crippen LogP contribution in [0.1, 0.15) is 23.5 Å². The fourth-order valence-corrected chi connectivity index (χ4v) is 2.54. The highest BCUT2D eigenvalue weighted by Crippen LogP contribution is 2.33. The van der Waals surface area contributed by atoms with Crippen LogP contribution in [0, 0.1) is 0 Å². The summed E-state index contributed by atoms with van der Waals surface area (Å²) >= 11 is 5.77. The Hall–Kier alpha value is -1.61. The summed E-state index contributed by atoms with van der Waals surface area (Å²) in [6, 6.07) is 8.54. The van der Waals surface area contributed by atoms with Crippen LogP contribution in [0.4, 0.5) is 0 Å². The summed E-state index contributed by atoms with van der Waals surface area (Å²) < 4.78 is 5.67. The Morgan fingerprint density at radius 3 is 3.06 bits per heavy atom. The van der Waals surface area contributed by atoms with Gasteiger partial charge in [0.1, 0.15) is 0 Å². The van der Waals surface area contributed by atoms with E-state index in [2.05, 4.69) is 34.2 Å². The summed E-state index contributed by atoms with van der Waals surface area (Å²) in [6.07, 6.45) is 5.35. The van der Waals surface area contributed by atoms with Gasteiger partial charge in [-0.1, -0.05) is 35.9 Å². The van der Waals surface area contributed by atoms with Gasteiger partial charge in [0.05, 0.1) is 19.0 Å². The minimum atomic E-state index is 0.360. The second kappa shape index (κ2) is 4.94. The van der Waals surface area contributed by atoms with Gasteiger partial charge < -0.3 is 4.74 Å². The molecule has 4 heteroatoms. The first kappa shape index (κ1) is 11.5. The van der Waals surface area contributed by atoms with E-state index < -0.39 is 0 Å². The number of hydrogen-bond donors (Lipinski definition) is 0. The quantitative estimate of drug-likeness (QED) is 0.850. The molecule has 1 aliphatic rings. The van der Waals surface area contributed by atoms with Crippen LogP contribution in [0.3, 0.4) is 0 Å². The molecule has 0 bridgehead atoms. The molecule has 2 aromatic rings. The number of nitrogens with zero attached hydrogens (tertiary/aromatic N) is 2. The Bertz CT molecular complexity index is 559. The van der Waals surface area contributed by atoms with Gasteiger partial charge in [-0.2, -0.15) is 4.98 Å². The highest BCUT2D eigenvalue weighted by molar-refractivity contribution is 6.29. The van der Waals surface area contributed by atoms with Crippen LogP contribution < -0.4 is 4.74 Å². The van der Waals surface area contributed by atoms with Gasteiger partial charge in [-0.25, -0.2) is 0 Å². The molecule has 1 atom stereocenters. The van der Waals surface area contributed by atoms with Crippen molar-refractivity contribution in [3.8, 4) is 5.88 Å². The molecule has 18 heavy (non-hydrogen) atoms. The average Bonchev–Trinajstić information content (AvgIpc) is 2.80. The molecule has 3 rings (SSSR count). The summed E-state index contributed by atoms with van der Waals surface area (Å²) in [5.74, 6) is 0.939. The van der Waals surface area contributed by atoms with E-state index >= 15 is 0 Å². The van der Waals surface area contributed by atoms with Crippen molar-refractivity contribution < 1.29 is 4.74 Å². The van der Waals surface area contributed by atoms with E-state index in [1.807, 2.05) is 0 Å². The molecule has 0 saturated heterocycles. The lowest BCUT2D eigenvalue weighted by atomic mass is 10.0. The zero-order chi connectivity index (χ0) is 12.4. The Morgan fingerprint density at radius 1 is 1.28 bits per heavy atom. The molecule has 1 aromatic heterocycles. The fraction of sp³-hybridized carbons (Fsp3) is 0.286. The number of aromatic nitrogens is 2. The third-order valence-corrected chi connectivity index (χ3v) is 3.45. The first-order valence-electron chi connectivity index (χ1n) is 6.01. The van der Waals surface area contributed by atoms with Gasteiger partial charge >= 0.3 is 0 Å². The number of fused-ring (bicyclic) bond motifs is 1. The number of aryl methyl sites for hydroxylation is 1. The molecular formula is C14H13ClN2O. The van der Waals surface area contributed by atoms with Crippen molar-refractivity contribution >= 4 is 11.6 Å². The normalized spacial score (nSPS) is 17.5. The first-order chi connectivity index (χ1) is 8.83.